The standard InChI is InChI=1S/C25H35N3O2.ClH/c1-24(2,3)19-14-18(15-20(16-19)25(4,5)6)23(30)28(7)21-10-8-17(9-11-21)22(29)27-13-12-26;/h8-11,14-16H,12-13,26H2,1-7H3,(H,27,29);1H. The third-order valence-electron chi connectivity index (χ3n) is 5.16. The van der Waals surface area contributed by atoms with E-state index in [9.17, 15) is 9.59 Å². The van der Waals surface area contributed by atoms with Crippen molar-refractivity contribution < 1.29 is 9.59 Å². The molecular weight excluding hydrogens is 410 g/mol. The van der Waals surface area contributed by atoms with Crippen molar-refractivity contribution in [2.45, 2.75) is 52.4 Å². The molecule has 170 valence electrons. The van der Waals surface area contributed by atoms with E-state index in [1.54, 1.807) is 36.2 Å². The molecule has 3 N–H and O–H groups in total. The first-order valence-electron chi connectivity index (χ1n) is 10.4. The first-order valence-corrected chi connectivity index (χ1v) is 10.4. The van der Waals surface area contributed by atoms with Gasteiger partial charge in [-0.1, -0.05) is 47.6 Å². The second-order valence-corrected chi connectivity index (χ2v) is 9.75. The van der Waals surface area contributed by atoms with Gasteiger partial charge >= 0.3 is 0 Å². The average Bonchev–Trinajstić information content (AvgIpc) is 2.69. The number of anilines is 1. The Morgan fingerprint density at radius 1 is 0.871 bits per heavy atom. The summed E-state index contributed by atoms with van der Waals surface area (Å²) in [7, 11) is 1.76. The van der Waals surface area contributed by atoms with E-state index in [0.29, 0.717) is 24.2 Å². The molecule has 0 bridgehead atoms. The molecule has 0 spiro atoms. The quantitative estimate of drug-likeness (QED) is 0.702. The summed E-state index contributed by atoms with van der Waals surface area (Å²) in [5, 5.41) is 2.74. The van der Waals surface area contributed by atoms with Crippen LogP contribution in [-0.2, 0) is 10.8 Å². The Morgan fingerprint density at radius 2 is 1.35 bits per heavy atom. The number of hydrogen-bond acceptors (Lipinski definition) is 3. The largest absolute Gasteiger partial charge is 0.351 e. The lowest BCUT2D eigenvalue weighted by Crippen LogP contribution is -2.29. The first-order chi connectivity index (χ1) is 13.8. The Labute approximate surface area is 192 Å². The van der Waals surface area contributed by atoms with Crippen LogP contribution in [0, 0.1) is 0 Å². The number of carbonyl (C=O) groups is 2. The third-order valence-corrected chi connectivity index (χ3v) is 5.16. The summed E-state index contributed by atoms with van der Waals surface area (Å²) in [6, 6.07) is 13.2. The van der Waals surface area contributed by atoms with Gasteiger partial charge in [0.05, 0.1) is 0 Å². The van der Waals surface area contributed by atoms with Crippen LogP contribution in [0.4, 0.5) is 5.69 Å². The number of rotatable bonds is 5. The molecule has 0 unspecified atom stereocenters. The van der Waals surface area contributed by atoms with E-state index in [1.165, 1.54) is 0 Å². The molecule has 0 saturated heterocycles. The van der Waals surface area contributed by atoms with E-state index in [-0.39, 0.29) is 35.1 Å². The van der Waals surface area contributed by atoms with Crippen LogP contribution in [0.1, 0.15) is 73.4 Å². The molecule has 0 saturated carbocycles. The molecule has 2 rings (SSSR count). The first kappa shape index (κ1) is 26.7. The van der Waals surface area contributed by atoms with E-state index in [0.717, 1.165) is 16.8 Å². The summed E-state index contributed by atoms with van der Waals surface area (Å²) in [5.41, 5.74) is 9.51. The topological polar surface area (TPSA) is 75.4 Å². The minimum Gasteiger partial charge on any atom is -0.351 e. The Morgan fingerprint density at radius 3 is 1.77 bits per heavy atom. The van der Waals surface area contributed by atoms with Gasteiger partial charge in [-0.15, -0.1) is 12.4 Å². The summed E-state index contributed by atoms with van der Waals surface area (Å²) >= 11 is 0. The fourth-order valence-corrected chi connectivity index (χ4v) is 3.05. The zero-order valence-corrected chi connectivity index (χ0v) is 20.5. The lowest BCUT2D eigenvalue weighted by molar-refractivity contribution is 0.0953. The molecule has 0 atom stereocenters. The van der Waals surface area contributed by atoms with E-state index in [1.807, 2.05) is 12.1 Å². The molecule has 31 heavy (non-hydrogen) atoms. The van der Waals surface area contributed by atoms with Crippen LogP contribution in [0.5, 0.6) is 0 Å². The van der Waals surface area contributed by atoms with Gasteiger partial charge in [0.15, 0.2) is 0 Å². The highest BCUT2D eigenvalue weighted by atomic mass is 35.5. The highest BCUT2D eigenvalue weighted by Crippen LogP contribution is 2.31. The van der Waals surface area contributed by atoms with Crippen molar-refractivity contribution in [2.75, 3.05) is 25.0 Å². The lowest BCUT2D eigenvalue weighted by atomic mass is 9.79. The Balaban J connectivity index is 0.00000480. The van der Waals surface area contributed by atoms with Gasteiger partial charge in [-0.2, -0.15) is 0 Å². The molecule has 0 radical (unpaired) electrons. The van der Waals surface area contributed by atoms with E-state index in [4.69, 9.17) is 5.73 Å². The maximum absolute atomic E-state index is 13.3. The molecule has 2 aromatic carbocycles. The Hall–Kier alpha value is -2.37. The molecule has 5 nitrogen and oxygen atoms in total. The normalized spacial score (nSPS) is 11.5. The van der Waals surface area contributed by atoms with Crippen LogP contribution >= 0.6 is 12.4 Å². The van der Waals surface area contributed by atoms with Gasteiger partial charge in [-0.25, -0.2) is 0 Å². The molecule has 0 aliphatic heterocycles. The predicted octanol–water partition coefficient (Wildman–Crippen LogP) is 4.67. The van der Waals surface area contributed by atoms with Gasteiger partial charge in [0.1, 0.15) is 0 Å². The third kappa shape index (κ3) is 6.81. The summed E-state index contributed by atoms with van der Waals surface area (Å²) in [6.45, 7) is 13.7. The number of nitrogens with one attached hydrogen (secondary N) is 1. The SMILES string of the molecule is CN(C(=O)c1cc(C(C)(C)C)cc(C(C)(C)C)c1)c1ccc(C(=O)NCCN)cc1.Cl. The Bertz CT molecular complexity index is 878. The van der Waals surface area contributed by atoms with Gasteiger partial charge in [0.25, 0.3) is 11.8 Å². The van der Waals surface area contributed by atoms with Crippen LogP contribution in [0.15, 0.2) is 42.5 Å². The fraction of sp³-hybridized carbons (Fsp3) is 0.440. The summed E-state index contributed by atoms with van der Waals surface area (Å²) in [6.07, 6.45) is 0. The number of nitrogens with zero attached hydrogens (tertiary/aromatic N) is 1. The summed E-state index contributed by atoms with van der Waals surface area (Å²) in [4.78, 5) is 27.0. The highest BCUT2D eigenvalue weighted by molar-refractivity contribution is 6.06. The van der Waals surface area contributed by atoms with Crippen LogP contribution in [-0.4, -0.2) is 32.0 Å². The van der Waals surface area contributed by atoms with Crippen molar-refractivity contribution in [3.8, 4) is 0 Å². The maximum atomic E-state index is 13.3. The number of hydrogen-bond donors (Lipinski definition) is 2. The molecule has 0 fully saturated rings. The summed E-state index contributed by atoms with van der Waals surface area (Å²) in [5.74, 6) is -0.249. The van der Waals surface area contributed by atoms with Crippen LogP contribution in [0.3, 0.4) is 0 Å². The number of nitrogens with two attached hydrogens (primary N) is 1. The summed E-state index contributed by atoms with van der Waals surface area (Å²) < 4.78 is 0. The molecule has 6 heteroatoms. The van der Waals surface area contributed by atoms with E-state index in [2.05, 4.69) is 52.9 Å². The number of benzene rings is 2. The minimum absolute atomic E-state index is 0. The monoisotopic (exact) mass is 445 g/mol. The van der Waals surface area contributed by atoms with Crippen molar-refractivity contribution in [2.24, 2.45) is 5.73 Å². The van der Waals surface area contributed by atoms with Gasteiger partial charge in [-0.05, 0) is 58.4 Å². The van der Waals surface area contributed by atoms with Crippen LogP contribution in [0.2, 0.25) is 0 Å². The highest BCUT2D eigenvalue weighted by Gasteiger charge is 2.23. The molecule has 0 aliphatic carbocycles. The van der Waals surface area contributed by atoms with Crippen molar-refractivity contribution in [3.63, 3.8) is 0 Å². The predicted molar refractivity (Wildman–Crippen MR) is 132 cm³/mol. The van der Waals surface area contributed by atoms with Gasteiger partial charge in [0.2, 0.25) is 0 Å². The van der Waals surface area contributed by atoms with E-state index < -0.39 is 0 Å². The smallest absolute Gasteiger partial charge is 0.258 e. The van der Waals surface area contributed by atoms with Crippen molar-refractivity contribution >= 4 is 29.9 Å². The van der Waals surface area contributed by atoms with Gasteiger partial charge in [-0.3, -0.25) is 9.59 Å². The zero-order valence-electron chi connectivity index (χ0n) is 19.7. The van der Waals surface area contributed by atoms with Crippen LogP contribution < -0.4 is 16.0 Å². The Kier molecular flexibility index (Phi) is 8.85. The van der Waals surface area contributed by atoms with Crippen LogP contribution in [0.25, 0.3) is 0 Å². The molecule has 0 heterocycles. The lowest BCUT2D eigenvalue weighted by Gasteiger charge is -2.27. The van der Waals surface area contributed by atoms with Crippen molar-refractivity contribution in [3.05, 3.63) is 64.7 Å². The van der Waals surface area contributed by atoms with Crippen molar-refractivity contribution in [1.29, 1.82) is 0 Å². The van der Waals surface area contributed by atoms with Gasteiger partial charge < -0.3 is 16.0 Å². The molecule has 0 aliphatic rings. The van der Waals surface area contributed by atoms with Gasteiger partial charge in [0, 0.05) is 37.0 Å². The second kappa shape index (κ2) is 10.3. The number of amides is 2. The van der Waals surface area contributed by atoms with E-state index >= 15 is 0 Å². The fourth-order valence-electron chi connectivity index (χ4n) is 3.05. The molecular formula is C25H36ClN3O2. The number of carbonyl (C=O) groups excluding carboxylic acids is 2. The second-order valence-electron chi connectivity index (χ2n) is 9.75. The van der Waals surface area contributed by atoms with Crippen molar-refractivity contribution in [1.82, 2.24) is 5.32 Å². The average molecular weight is 446 g/mol. The maximum Gasteiger partial charge on any atom is 0.258 e. The number of halogens is 1. The zero-order chi connectivity index (χ0) is 22.7. The minimum atomic E-state index is -0.173. The molecule has 2 aromatic rings. The molecule has 0 aromatic heterocycles. The molecule has 2 amide bonds.